The monoisotopic (exact) mass is 276 g/mol. The fourth-order valence-corrected chi connectivity index (χ4v) is 2.68. The van der Waals surface area contributed by atoms with Gasteiger partial charge in [0.15, 0.2) is 0 Å². The molecule has 2 heterocycles. The van der Waals surface area contributed by atoms with Gasteiger partial charge in [0.1, 0.15) is 11.5 Å². The SMILES string of the molecule is CCCN(CC1CCNCC1)c1cccc(C(N)=O)n1. The third-order valence-electron chi connectivity index (χ3n) is 3.74. The molecule has 0 bridgehead atoms. The fraction of sp³-hybridized carbons (Fsp3) is 0.600. The summed E-state index contributed by atoms with van der Waals surface area (Å²) in [7, 11) is 0. The zero-order valence-corrected chi connectivity index (χ0v) is 12.1. The molecule has 0 atom stereocenters. The van der Waals surface area contributed by atoms with Gasteiger partial charge in [-0.2, -0.15) is 0 Å². The summed E-state index contributed by atoms with van der Waals surface area (Å²) in [6.07, 6.45) is 3.47. The van der Waals surface area contributed by atoms with E-state index in [1.54, 1.807) is 6.07 Å². The lowest BCUT2D eigenvalue weighted by molar-refractivity contribution is 0.0995. The highest BCUT2D eigenvalue weighted by Crippen LogP contribution is 2.19. The Morgan fingerprint density at radius 2 is 2.20 bits per heavy atom. The van der Waals surface area contributed by atoms with E-state index in [4.69, 9.17) is 5.73 Å². The van der Waals surface area contributed by atoms with Gasteiger partial charge in [0, 0.05) is 13.1 Å². The third-order valence-corrected chi connectivity index (χ3v) is 3.74. The maximum Gasteiger partial charge on any atom is 0.267 e. The summed E-state index contributed by atoms with van der Waals surface area (Å²) < 4.78 is 0. The van der Waals surface area contributed by atoms with Crippen LogP contribution in [0.4, 0.5) is 5.82 Å². The van der Waals surface area contributed by atoms with Crippen LogP contribution in [0.2, 0.25) is 0 Å². The van der Waals surface area contributed by atoms with Gasteiger partial charge in [-0.15, -0.1) is 0 Å². The second kappa shape index (κ2) is 7.24. The number of aromatic nitrogens is 1. The van der Waals surface area contributed by atoms with Crippen LogP contribution in [0.15, 0.2) is 18.2 Å². The van der Waals surface area contributed by atoms with E-state index in [9.17, 15) is 4.79 Å². The molecule has 110 valence electrons. The number of carbonyl (C=O) groups is 1. The Morgan fingerprint density at radius 3 is 2.85 bits per heavy atom. The normalized spacial score (nSPS) is 16.1. The lowest BCUT2D eigenvalue weighted by Crippen LogP contribution is -2.37. The molecular formula is C15H24N4O. The van der Waals surface area contributed by atoms with E-state index in [0.717, 1.165) is 38.4 Å². The van der Waals surface area contributed by atoms with E-state index in [-0.39, 0.29) is 0 Å². The highest BCUT2D eigenvalue weighted by atomic mass is 16.1. The number of primary amides is 1. The molecule has 0 saturated carbocycles. The summed E-state index contributed by atoms with van der Waals surface area (Å²) in [6, 6.07) is 5.48. The summed E-state index contributed by atoms with van der Waals surface area (Å²) in [5.41, 5.74) is 5.65. The number of carbonyl (C=O) groups excluding carboxylic acids is 1. The number of amides is 1. The van der Waals surface area contributed by atoms with Crippen molar-refractivity contribution < 1.29 is 4.79 Å². The highest BCUT2D eigenvalue weighted by molar-refractivity contribution is 5.91. The molecule has 1 aliphatic rings. The number of nitrogens with two attached hydrogens (primary N) is 1. The summed E-state index contributed by atoms with van der Waals surface area (Å²) >= 11 is 0. The van der Waals surface area contributed by atoms with Crippen molar-refractivity contribution in [1.29, 1.82) is 0 Å². The number of hydrogen-bond donors (Lipinski definition) is 2. The summed E-state index contributed by atoms with van der Waals surface area (Å²) in [6.45, 7) is 6.32. The maximum atomic E-state index is 11.3. The van der Waals surface area contributed by atoms with Gasteiger partial charge in [0.25, 0.3) is 5.91 Å². The first-order chi connectivity index (χ1) is 9.70. The Balaban J connectivity index is 2.10. The van der Waals surface area contributed by atoms with E-state index in [0.29, 0.717) is 11.6 Å². The van der Waals surface area contributed by atoms with Crippen LogP contribution >= 0.6 is 0 Å². The van der Waals surface area contributed by atoms with Crippen molar-refractivity contribution in [2.45, 2.75) is 26.2 Å². The van der Waals surface area contributed by atoms with E-state index in [2.05, 4.69) is 22.1 Å². The van der Waals surface area contributed by atoms with Gasteiger partial charge in [-0.25, -0.2) is 4.98 Å². The van der Waals surface area contributed by atoms with Crippen LogP contribution < -0.4 is 16.0 Å². The van der Waals surface area contributed by atoms with Crippen LogP contribution in [0.25, 0.3) is 0 Å². The van der Waals surface area contributed by atoms with Crippen LogP contribution in [-0.2, 0) is 0 Å². The predicted octanol–water partition coefficient (Wildman–Crippen LogP) is 1.40. The molecule has 0 unspecified atom stereocenters. The van der Waals surface area contributed by atoms with Crippen molar-refractivity contribution >= 4 is 11.7 Å². The van der Waals surface area contributed by atoms with Gasteiger partial charge in [-0.05, 0) is 50.4 Å². The molecule has 5 nitrogen and oxygen atoms in total. The number of hydrogen-bond acceptors (Lipinski definition) is 4. The Bertz CT molecular complexity index is 443. The molecule has 20 heavy (non-hydrogen) atoms. The molecule has 0 aliphatic carbocycles. The molecule has 1 aliphatic heterocycles. The first-order valence-electron chi connectivity index (χ1n) is 7.43. The van der Waals surface area contributed by atoms with Crippen LogP contribution in [-0.4, -0.2) is 37.1 Å². The molecule has 5 heteroatoms. The van der Waals surface area contributed by atoms with Crippen molar-refractivity contribution in [2.24, 2.45) is 11.7 Å². The van der Waals surface area contributed by atoms with Crippen molar-refractivity contribution in [3.05, 3.63) is 23.9 Å². The maximum absolute atomic E-state index is 11.3. The summed E-state index contributed by atoms with van der Waals surface area (Å²) in [5, 5.41) is 3.39. The number of nitrogens with one attached hydrogen (secondary N) is 1. The molecule has 0 radical (unpaired) electrons. The lowest BCUT2D eigenvalue weighted by Gasteiger charge is -2.30. The van der Waals surface area contributed by atoms with E-state index >= 15 is 0 Å². The third kappa shape index (κ3) is 3.93. The lowest BCUT2D eigenvalue weighted by atomic mass is 9.97. The van der Waals surface area contributed by atoms with Gasteiger partial charge in [-0.3, -0.25) is 4.79 Å². The minimum atomic E-state index is -0.467. The van der Waals surface area contributed by atoms with E-state index in [1.165, 1.54) is 12.8 Å². The predicted molar refractivity (Wildman–Crippen MR) is 80.9 cm³/mol. The Labute approximate surface area is 120 Å². The average Bonchev–Trinajstić information content (AvgIpc) is 2.48. The smallest absolute Gasteiger partial charge is 0.267 e. The zero-order chi connectivity index (χ0) is 14.4. The number of anilines is 1. The van der Waals surface area contributed by atoms with E-state index in [1.807, 2.05) is 12.1 Å². The minimum Gasteiger partial charge on any atom is -0.364 e. The van der Waals surface area contributed by atoms with Crippen LogP contribution in [0, 0.1) is 5.92 Å². The quantitative estimate of drug-likeness (QED) is 0.824. The van der Waals surface area contributed by atoms with Crippen molar-refractivity contribution in [2.75, 3.05) is 31.1 Å². The Kier molecular flexibility index (Phi) is 5.35. The first-order valence-corrected chi connectivity index (χ1v) is 7.43. The molecular weight excluding hydrogens is 252 g/mol. The second-order valence-corrected chi connectivity index (χ2v) is 5.38. The van der Waals surface area contributed by atoms with Gasteiger partial charge in [0.2, 0.25) is 0 Å². The van der Waals surface area contributed by atoms with Crippen molar-refractivity contribution in [1.82, 2.24) is 10.3 Å². The molecule has 0 aromatic carbocycles. The molecule has 1 amide bonds. The van der Waals surface area contributed by atoms with Gasteiger partial charge < -0.3 is 16.0 Å². The number of piperidine rings is 1. The zero-order valence-electron chi connectivity index (χ0n) is 12.1. The molecule has 1 saturated heterocycles. The number of pyridine rings is 1. The molecule has 1 aromatic heterocycles. The fourth-order valence-electron chi connectivity index (χ4n) is 2.68. The summed E-state index contributed by atoms with van der Waals surface area (Å²) in [5.74, 6) is 1.09. The first kappa shape index (κ1) is 14.8. The van der Waals surface area contributed by atoms with Gasteiger partial charge >= 0.3 is 0 Å². The minimum absolute atomic E-state index is 0.342. The molecule has 3 N–H and O–H groups in total. The van der Waals surface area contributed by atoms with Crippen LogP contribution in [0.1, 0.15) is 36.7 Å². The number of nitrogens with zero attached hydrogens (tertiary/aromatic N) is 2. The van der Waals surface area contributed by atoms with Crippen molar-refractivity contribution in [3.63, 3.8) is 0 Å². The molecule has 2 rings (SSSR count). The second-order valence-electron chi connectivity index (χ2n) is 5.38. The average molecular weight is 276 g/mol. The topological polar surface area (TPSA) is 71.2 Å². The molecule has 1 aromatic rings. The van der Waals surface area contributed by atoms with Gasteiger partial charge in [-0.1, -0.05) is 13.0 Å². The highest BCUT2D eigenvalue weighted by Gasteiger charge is 2.18. The van der Waals surface area contributed by atoms with Crippen molar-refractivity contribution in [3.8, 4) is 0 Å². The summed E-state index contributed by atoms with van der Waals surface area (Å²) in [4.78, 5) is 17.9. The standard InChI is InChI=1S/C15H24N4O/c1-2-10-19(11-12-6-8-17-9-7-12)14-5-3-4-13(18-14)15(16)20/h3-5,12,17H,2,6-11H2,1H3,(H2,16,20). The largest absolute Gasteiger partial charge is 0.364 e. The van der Waals surface area contributed by atoms with Crippen LogP contribution in [0.5, 0.6) is 0 Å². The molecule has 1 fully saturated rings. The van der Waals surface area contributed by atoms with Crippen LogP contribution in [0.3, 0.4) is 0 Å². The Hall–Kier alpha value is -1.62. The van der Waals surface area contributed by atoms with E-state index < -0.39 is 5.91 Å². The molecule has 0 spiro atoms. The Morgan fingerprint density at radius 1 is 1.45 bits per heavy atom. The van der Waals surface area contributed by atoms with Gasteiger partial charge in [0.05, 0.1) is 0 Å². The number of rotatable bonds is 6.